The molecule has 2 saturated heterocycles. The van der Waals surface area contributed by atoms with Gasteiger partial charge < -0.3 is 38.6 Å². The Morgan fingerprint density at radius 1 is 0.978 bits per heavy atom. The molecule has 2 aliphatic carbocycles. The predicted octanol–water partition coefficient (Wildman–Crippen LogP) is 4.23. The average molecular weight is 649 g/mol. The van der Waals surface area contributed by atoms with E-state index in [4.69, 9.17) is 28.4 Å². The van der Waals surface area contributed by atoms with Gasteiger partial charge in [-0.2, -0.15) is 0 Å². The fraction of sp³-hybridized carbons (Fsp3) is 0.743. The average Bonchev–Trinajstić information content (AvgIpc) is 3.78. The minimum atomic E-state index is -1.57. The van der Waals surface area contributed by atoms with E-state index in [0.29, 0.717) is 30.4 Å². The number of aliphatic hydroxyl groups excluding tert-OH is 1. The quantitative estimate of drug-likeness (QED) is 0.122. The Morgan fingerprint density at radius 2 is 1.54 bits per heavy atom. The molecular formula is C35H52O11. The zero-order valence-corrected chi connectivity index (χ0v) is 28.9. The summed E-state index contributed by atoms with van der Waals surface area (Å²) in [6.07, 6.45) is -2.14. The third-order valence-corrected chi connectivity index (χ3v) is 10.8. The molecule has 10 atom stereocenters. The lowest BCUT2D eigenvalue weighted by Gasteiger charge is -2.54. The number of epoxide rings is 1. The molecule has 0 aromatic carbocycles. The summed E-state index contributed by atoms with van der Waals surface area (Å²) >= 11 is 0. The number of rotatable bonds is 9. The Morgan fingerprint density at radius 3 is 2.09 bits per heavy atom. The number of esters is 3. The number of ether oxygens (including phenoxy) is 6. The van der Waals surface area contributed by atoms with E-state index in [-0.39, 0.29) is 11.0 Å². The lowest BCUT2D eigenvalue weighted by Crippen LogP contribution is -2.67. The van der Waals surface area contributed by atoms with Gasteiger partial charge in [-0.3, -0.25) is 4.79 Å². The van der Waals surface area contributed by atoms with Gasteiger partial charge in [0.15, 0.2) is 24.6 Å². The van der Waals surface area contributed by atoms with Crippen molar-refractivity contribution in [3.63, 3.8) is 0 Å². The molecule has 0 bridgehead atoms. The number of carbonyl (C=O) groups is 3. The van der Waals surface area contributed by atoms with Gasteiger partial charge in [-0.1, -0.05) is 39.5 Å². The topological polar surface area (TPSA) is 150 Å². The van der Waals surface area contributed by atoms with Crippen LogP contribution in [0.15, 0.2) is 35.5 Å². The lowest BCUT2D eigenvalue weighted by atomic mass is 9.53. The van der Waals surface area contributed by atoms with Gasteiger partial charge in [0, 0.05) is 16.6 Å². The molecule has 4 aliphatic rings. The first-order valence-electron chi connectivity index (χ1n) is 16.3. The molecule has 2 N–H and O–H groups in total. The van der Waals surface area contributed by atoms with Crippen LogP contribution in [0.25, 0.3) is 0 Å². The van der Waals surface area contributed by atoms with Crippen LogP contribution in [-0.4, -0.2) is 87.8 Å². The van der Waals surface area contributed by atoms with E-state index >= 15 is 0 Å². The second kappa shape index (κ2) is 12.8. The van der Waals surface area contributed by atoms with Crippen molar-refractivity contribution in [1.82, 2.24) is 0 Å². The van der Waals surface area contributed by atoms with Crippen molar-refractivity contribution in [3.05, 3.63) is 35.5 Å². The van der Waals surface area contributed by atoms with Gasteiger partial charge in [-0.25, -0.2) is 9.59 Å². The van der Waals surface area contributed by atoms with Crippen molar-refractivity contribution in [3.8, 4) is 0 Å². The van der Waals surface area contributed by atoms with E-state index in [1.54, 1.807) is 74.5 Å². The highest BCUT2D eigenvalue weighted by atomic mass is 16.7. The summed E-state index contributed by atoms with van der Waals surface area (Å²) in [6.45, 7) is 21.2. The summed E-state index contributed by atoms with van der Waals surface area (Å²) in [7, 11) is 0. The fourth-order valence-corrected chi connectivity index (χ4v) is 7.09. The largest absolute Gasteiger partial charge is 0.454 e. The second-order valence-corrected chi connectivity index (χ2v) is 14.4. The number of aliphatic hydroxyl groups is 2. The first-order chi connectivity index (χ1) is 21.3. The number of allylic oxidation sites excluding steroid dienone is 2. The Labute approximate surface area is 272 Å². The molecule has 46 heavy (non-hydrogen) atoms. The van der Waals surface area contributed by atoms with Gasteiger partial charge in [0.25, 0.3) is 0 Å². The van der Waals surface area contributed by atoms with Crippen LogP contribution in [0.2, 0.25) is 0 Å². The van der Waals surface area contributed by atoms with Crippen molar-refractivity contribution >= 4 is 17.9 Å². The van der Waals surface area contributed by atoms with Crippen molar-refractivity contribution in [2.75, 3.05) is 0 Å². The summed E-state index contributed by atoms with van der Waals surface area (Å²) in [6, 6.07) is 0. The van der Waals surface area contributed by atoms with E-state index < -0.39 is 83.5 Å². The maximum Gasteiger partial charge on any atom is 0.333 e. The maximum atomic E-state index is 13.2. The minimum Gasteiger partial charge on any atom is -0.454 e. The molecule has 0 aromatic heterocycles. The third-order valence-electron chi connectivity index (χ3n) is 10.8. The molecule has 10 unspecified atom stereocenters. The zero-order valence-electron chi connectivity index (χ0n) is 28.9. The number of hydrogen-bond acceptors (Lipinski definition) is 11. The minimum absolute atomic E-state index is 0.289. The summed E-state index contributed by atoms with van der Waals surface area (Å²) in [5, 5.41) is 23.1. The molecule has 0 aromatic rings. The molecule has 4 rings (SSSR count). The smallest absolute Gasteiger partial charge is 0.333 e. The van der Waals surface area contributed by atoms with Gasteiger partial charge in [0.1, 0.15) is 17.3 Å². The third kappa shape index (κ3) is 5.98. The van der Waals surface area contributed by atoms with Gasteiger partial charge in [-0.05, 0) is 79.7 Å². The summed E-state index contributed by atoms with van der Waals surface area (Å²) in [5.41, 5.74) is -3.00. The molecular weight excluding hydrogens is 596 g/mol. The molecule has 2 heterocycles. The maximum absolute atomic E-state index is 13.2. The van der Waals surface area contributed by atoms with Gasteiger partial charge in [0.2, 0.25) is 0 Å². The summed E-state index contributed by atoms with van der Waals surface area (Å²) in [4.78, 5) is 39.2. The molecule has 0 radical (unpaired) electrons. The molecule has 2 aliphatic heterocycles. The highest BCUT2D eigenvalue weighted by Gasteiger charge is 2.81. The van der Waals surface area contributed by atoms with Crippen LogP contribution < -0.4 is 0 Å². The van der Waals surface area contributed by atoms with E-state index in [0.717, 1.165) is 6.42 Å². The van der Waals surface area contributed by atoms with Gasteiger partial charge in [-0.15, -0.1) is 0 Å². The molecule has 11 heteroatoms. The number of hydrogen-bond donors (Lipinski definition) is 2. The van der Waals surface area contributed by atoms with Crippen molar-refractivity contribution in [2.45, 2.75) is 155 Å². The van der Waals surface area contributed by atoms with Crippen LogP contribution in [0.4, 0.5) is 0 Å². The van der Waals surface area contributed by atoms with E-state index in [2.05, 4.69) is 13.5 Å². The predicted molar refractivity (Wildman–Crippen MR) is 167 cm³/mol. The van der Waals surface area contributed by atoms with Crippen LogP contribution in [0.3, 0.4) is 0 Å². The highest BCUT2D eigenvalue weighted by molar-refractivity contribution is 5.88. The SMILES string of the molecule is C=C1C(O)CCC2(C)CCC(O)(C(C)(C)OC3OC(C)C(OC(=O)C(C)=CC)C(OC(=O)C(C)C)C3OC(=O)C(C)=CC)C3OC132. The van der Waals surface area contributed by atoms with Crippen LogP contribution in [-0.2, 0) is 42.8 Å². The van der Waals surface area contributed by atoms with Crippen molar-refractivity contribution in [1.29, 1.82) is 0 Å². The lowest BCUT2D eigenvalue weighted by molar-refractivity contribution is -0.341. The number of carbonyl (C=O) groups excluding carboxylic acids is 3. The second-order valence-electron chi connectivity index (χ2n) is 14.4. The van der Waals surface area contributed by atoms with Crippen molar-refractivity contribution < 1.29 is 53.0 Å². The van der Waals surface area contributed by atoms with E-state index in [9.17, 15) is 24.6 Å². The summed E-state index contributed by atoms with van der Waals surface area (Å²) < 4.78 is 36.9. The van der Waals surface area contributed by atoms with Crippen LogP contribution >= 0.6 is 0 Å². The normalized spacial score (nSPS) is 39.7. The standard InChI is InChI=1S/C35H52O11/c1-12-19(5)28(38)42-24-22(8)41-30(26(44-29(39)20(6)13-2)25(24)43-27(37)18(3)4)45-32(9,10)34(40)17-16-33(11)15-14-23(36)21(7)35(33)31(34)46-35/h12-13,18,22-26,30-31,36,40H,7,14-17H2,1-6,8-11H3. The first-order valence-corrected chi connectivity index (χ1v) is 16.3. The first kappa shape index (κ1) is 36.3. The Bertz CT molecular complexity index is 1300. The Balaban J connectivity index is 1.72. The van der Waals surface area contributed by atoms with E-state index in [1.165, 1.54) is 0 Å². The van der Waals surface area contributed by atoms with Gasteiger partial charge in [0.05, 0.1) is 23.7 Å². The van der Waals surface area contributed by atoms with Crippen LogP contribution in [0.5, 0.6) is 0 Å². The monoisotopic (exact) mass is 648 g/mol. The van der Waals surface area contributed by atoms with Crippen LogP contribution in [0, 0.1) is 11.3 Å². The molecule has 1 spiro atoms. The molecule has 4 fully saturated rings. The Kier molecular flexibility index (Phi) is 10.1. The molecule has 11 nitrogen and oxygen atoms in total. The highest BCUT2D eigenvalue weighted by Crippen LogP contribution is 2.70. The van der Waals surface area contributed by atoms with Crippen molar-refractivity contribution in [2.24, 2.45) is 11.3 Å². The zero-order chi connectivity index (χ0) is 34.6. The fourth-order valence-electron chi connectivity index (χ4n) is 7.09. The Hall–Kier alpha value is -2.57. The summed E-state index contributed by atoms with van der Waals surface area (Å²) in [5.74, 6) is -2.50. The van der Waals surface area contributed by atoms with Gasteiger partial charge >= 0.3 is 17.9 Å². The molecule has 2 saturated carbocycles. The molecule has 0 amide bonds. The molecule has 258 valence electrons. The van der Waals surface area contributed by atoms with E-state index in [1.807, 2.05) is 0 Å². The van der Waals surface area contributed by atoms with Crippen LogP contribution in [0.1, 0.15) is 94.9 Å².